The van der Waals surface area contributed by atoms with Gasteiger partial charge in [-0.15, -0.1) is 0 Å². The summed E-state index contributed by atoms with van der Waals surface area (Å²) >= 11 is 0. The van der Waals surface area contributed by atoms with Crippen LogP contribution in [0.1, 0.15) is 11.3 Å². The van der Waals surface area contributed by atoms with E-state index in [1.54, 1.807) is 7.11 Å². The van der Waals surface area contributed by atoms with Gasteiger partial charge >= 0.3 is 0 Å². The van der Waals surface area contributed by atoms with E-state index in [9.17, 15) is 0 Å². The van der Waals surface area contributed by atoms with Gasteiger partial charge in [0.05, 0.1) is 0 Å². The van der Waals surface area contributed by atoms with Crippen LogP contribution in [0.15, 0.2) is 59.9 Å². The first-order valence-electron chi connectivity index (χ1n) is 5.44. The maximum absolute atomic E-state index is 4.94. The van der Waals surface area contributed by atoms with Crippen molar-refractivity contribution in [3.8, 4) is 0 Å². The van der Waals surface area contributed by atoms with Gasteiger partial charge in [-0.3, -0.25) is 0 Å². The highest BCUT2D eigenvalue weighted by Crippen LogP contribution is 2.07. The molecule has 0 bridgehead atoms. The molecule has 2 rings (SSSR count). The van der Waals surface area contributed by atoms with Gasteiger partial charge in [0.1, 0.15) is 14.2 Å². The summed E-state index contributed by atoms with van der Waals surface area (Å²) in [6.07, 6.45) is 1.99. The zero-order valence-corrected chi connectivity index (χ0v) is 10.00. The van der Waals surface area contributed by atoms with E-state index in [0.717, 1.165) is 17.0 Å². The molecule has 0 saturated heterocycles. The molecule has 0 aliphatic carbocycles. The second kappa shape index (κ2) is 5.25. The zero-order valence-electron chi connectivity index (χ0n) is 10.00. The first-order chi connectivity index (χ1) is 8.33. The lowest BCUT2D eigenvalue weighted by atomic mass is 10.1. The Kier molecular flexibility index (Phi) is 3.50. The summed E-state index contributed by atoms with van der Waals surface area (Å²) in [5.41, 5.74) is 2.88. The maximum atomic E-state index is 4.94. The standard InChI is InChI=1S/C14H15N2O/c1-16-11-7-6-10-13(16)14(15-17-2)12-8-4-3-5-9-12/h3-11H,1-2H3/q+1. The van der Waals surface area contributed by atoms with Gasteiger partial charge in [0.25, 0.3) is 0 Å². The van der Waals surface area contributed by atoms with E-state index in [1.807, 2.05) is 66.3 Å². The molecule has 0 amide bonds. The number of benzene rings is 1. The molecule has 0 fully saturated rings. The van der Waals surface area contributed by atoms with Crippen LogP contribution in [0, 0.1) is 0 Å². The Morgan fingerprint density at radius 3 is 2.41 bits per heavy atom. The van der Waals surface area contributed by atoms with Crippen LogP contribution < -0.4 is 4.57 Å². The van der Waals surface area contributed by atoms with Crippen LogP contribution in [0.3, 0.4) is 0 Å². The molecule has 0 saturated carbocycles. The number of rotatable bonds is 3. The normalized spacial score (nSPS) is 11.3. The summed E-state index contributed by atoms with van der Waals surface area (Å²) in [5.74, 6) is 0. The fourth-order valence-corrected chi connectivity index (χ4v) is 1.70. The minimum absolute atomic E-state index is 0.830. The third-order valence-electron chi connectivity index (χ3n) is 2.53. The molecule has 1 heterocycles. The molecule has 0 atom stereocenters. The molecule has 0 aliphatic rings. The van der Waals surface area contributed by atoms with Gasteiger partial charge in [-0.05, 0) is 6.07 Å². The number of hydrogen-bond acceptors (Lipinski definition) is 2. The minimum Gasteiger partial charge on any atom is -0.398 e. The molecule has 17 heavy (non-hydrogen) atoms. The van der Waals surface area contributed by atoms with Gasteiger partial charge in [0, 0.05) is 17.7 Å². The SMILES string of the molecule is CON=C(c1ccccc1)c1cccc[n+]1C. The highest BCUT2D eigenvalue weighted by atomic mass is 16.6. The number of oxime groups is 1. The molecule has 0 radical (unpaired) electrons. The summed E-state index contributed by atoms with van der Waals surface area (Å²) in [5, 5.41) is 4.12. The Hall–Kier alpha value is -2.16. The van der Waals surface area contributed by atoms with Crippen LogP contribution in [-0.4, -0.2) is 12.8 Å². The quantitative estimate of drug-likeness (QED) is 0.447. The summed E-state index contributed by atoms with van der Waals surface area (Å²) < 4.78 is 2.02. The fourth-order valence-electron chi connectivity index (χ4n) is 1.70. The summed E-state index contributed by atoms with van der Waals surface area (Å²) in [6, 6.07) is 16.0. The number of aromatic nitrogens is 1. The van der Waals surface area contributed by atoms with Crippen LogP contribution in [0.4, 0.5) is 0 Å². The monoisotopic (exact) mass is 227 g/mol. The van der Waals surface area contributed by atoms with Crippen LogP contribution in [0.5, 0.6) is 0 Å². The molecular weight excluding hydrogens is 212 g/mol. The predicted octanol–water partition coefficient (Wildman–Crippen LogP) is 1.91. The van der Waals surface area contributed by atoms with Gasteiger partial charge in [0.2, 0.25) is 5.69 Å². The van der Waals surface area contributed by atoms with Crippen molar-refractivity contribution >= 4 is 5.71 Å². The fraction of sp³-hybridized carbons (Fsp3) is 0.143. The topological polar surface area (TPSA) is 25.5 Å². The van der Waals surface area contributed by atoms with Crippen molar-refractivity contribution in [2.45, 2.75) is 0 Å². The van der Waals surface area contributed by atoms with Crippen molar-refractivity contribution in [1.29, 1.82) is 0 Å². The first kappa shape index (κ1) is 11.3. The lowest BCUT2D eigenvalue weighted by molar-refractivity contribution is -0.672. The Morgan fingerprint density at radius 2 is 1.76 bits per heavy atom. The van der Waals surface area contributed by atoms with E-state index >= 15 is 0 Å². The average molecular weight is 227 g/mol. The molecule has 0 spiro atoms. The third-order valence-corrected chi connectivity index (χ3v) is 2.53. The van der Waals surface area contributed by atoms with Gasteiger partial charge < -0.3 is 4.84 Å². The minimum atomic E-state index is 0.830. The number of pyridine rings is 1. The summed E-state index contributed by atoms with van der Waals surface area (Å²) in [6.45, 7) is 0. The van der Waals surface area contributed by atoms with E-state index in [-0.39, 0.29) is 0 Å². The second-order valence-electron chi connectivity index (χ2n) is 3.69. The predicted molar refractivity (Wildman–Crippen MR) is 66.7 cm³/mol. The van der Waals surface area contributed by atoms with Gasteiger partial charge in [-0.2, -0.15) is 4.57 Å². The Balaban J connectivity index is 2.52. The molecule has 86 valence electrons. The van der Waals surface area contributed by atoms with E-state index in [1.165, 1.54) is 0 Å². The molecule has 2 aromatic rings. The summed E-state index contributed by atoms with van der Waals surface area (Å²) in [7, 11) is 3.55. The van der Waals surface area contributed by atoms with Crippen molar-refractivity contribution < 1.29 is 9.40 Å². The lowest BCUT2D eigenvalue weighted by Gasteiger charge is -2.03. The smallest absolute Gasteiger partial charge is 0.234 e. The van der Waals surface area contributed by atoms with Gasteiger partial charge in [-0.25, -0.2) is 0 Å². The molecule has 1 aromatic carbocycles. The molecule has 1 aromatic heterocycles. The van der Waals surface area contributed by atoms with E-state index < -0.39 is 0 Å². The van der Waals surface area contributed by atoms with Crippen molar-refractivity contribution in [2.24, 2.45) is 12.2 Å². The highest BCUT2D eigenvalue weighted by Gasteiger charge is 2.16. The molecule has 3 nitrogen and oxygen atoms in total. The van der Waals surface area contributed by atoms with Crippen molar-refractivity contribution in [1.82, 2.24) is 0 Å². The third kappa shape index (κ3) is 2.50. The zero-order chi connectivity index (χ0) is 12.1. The number of aryl methyl sites for hydroxylation is 1. The summed E-state index contributed by atoms with van der Waals surface area (Å²) in [4.78, 5) is 4.94. The van der Waals surface area contributed by atoms with E-state index in [2.05, 4.69) is 5.16 Å². The van der Waals surface area contributed by atoms with Crippen molar-refractivity contribution in [3.05, 3.63) is 66.0 Å². The van der Waals surface area contributed by atoms with Crippen molar-refractivity contribution in [3.63, 3.8) is 0 Å². The highest BCUT2D eigenvalue weighted by molar-refractivity contribution is 6.10. The lowest BCUT2D eigenvalue weighted by Crippen LogP contribution is -2.36. The molecule has 0 N–H and O–H groups in total. The van der Waals surface area contributed by atoms with E-state index in [0.29, 0.717) is 0 Å². The van der Waals surface area contributed by atoms with Crippen LogP contribution in [-0.2, 0) is 11.9 Å². The van der Waals surface area contributed by atoms with Gasteiger partial charge in [0.15, 0.2) is 11.9 Å². The number of hydrogen-bond donors (Lipinski definition) is 0. The van der Waals surface area contributed by atoms with Crippen LogP contribution in [0.2, 0.25) is 0 Å². The van der Waals surface area contributed by atoms with E-state index in [4.69, 9.17) is 4.84 Å². The Labute approximate surface area is 101 Å². The first-order valence-corrected chi connectivity index (χ1v) is 5.44. The largest absolute Gasteiger partial charge is 0.398 e. The van der Waals surface area contributed by atoms with Crippen molar-refractivity contribution in [2.75, 3.05) is 7.11 Å². The second-order valence-corrected chi connectivity index (χ2v) is 3.69. The molecular formula is C14H15N2O+. The molecule has 0 unspecified atom stereocenters. The molecule has 3 heteroatoms. The Bertz CT molecular complexity index is 521. The molecule has 0 aliphatic heterocycles. The number of nitrogens with zero attached hydrogens (tertiary/aromatic N) is 2. The van der Waals surface area contributed by atoms with Gasteiger partial charge in [-0.1, -0.05) is 35.5 Å². The van der Waals surface area contributed by atoms with Crippen LogP contribution in [0.25, 0.3) is 0 Å². The maximum Gasteiger partial charge on any atom is 0.234 e. The average Bonchev–Trinajstić information content (AvgIpc) is 2.38. The van der Waals surface area contributed by atoms with Crippen LogP contribution >= 0.6 is 0 Å². The Morgan fingerprint density at radius 1 is 1.06 bits per heavy atom.